The van der Waals surface area contributed by atoms with E-state index in [2.05, 4.69) is 75.8 Å². The minimum atomic E-state index is 0.642. The fraction of sp³-hybridized carbons (Fsp3) is 0.107. The van der Waals surface area contributed by atoms with Crippen LogP contribution in [0.4, 0.5) is 0 Å². The third-order valence-electron chi connectivity index (χ3n) is 6.05. The minimum Gasteiger partial charge on any atom is -0.497 e. The summed E-state index contributed by atoms with van der Waals surface area (Å²) in [6, 6.07) is 29.0. The molecule has 0 radical (unpaired) electrons. The summed E-state index contributed by atoms with van der Waals surface area (Å²) in [5, 5.41) is 2.34. The number of nitrogens with zero attached hydrogens (tertiary/aromatic N) is 3. The first-order chi connectivity index (χ1) is 16.3. The van der Waals surface area contributed by atoms with Gasteiger partial charge in [0.1, 0.15) is 11.5 Å². The van der Waals surface area contributed by atoms with Gasteiger partial charge in [-0.1, -0.05) is 30.3 Å². The maximum atomic E-state index is 5.66. The number of aromatic nitrogens is 3. The lowest BCUT2D eigenvalue weighted by atomic mass is 10.1. The van der Waals surface area contributed by atoms with Gasteiger partial charge in [0.25, 0.3) is 0 Å². The molecular weight excluding hydrogens is 410 g/mol. The second-order valence-corrected chi connectivity index (χ2v) is 7.94. The maximum absolute atomic E-state index is 5.66. The van der Waals surface area contributed by atoms with E-state index in [1.807, 2.05) is 31.2 Å². The molecule has 0 spiro atoms. The Morgan fingerprint density at radius 1 is 0.818 bits per heavy atom. The van der Waals surface area contributed by atoms with Crippen LogP contribution in [0.25, 0.3) is 44.5 Å². The van der Waals surface area contributed by atoms with E-state index in [4.69, 9.17) is 14.5 Å². The first kappa shape index (κ1) is 19.4. The highest BCUT2D eigenvalue weighted by molar-refractivity contribution is 6.05. The summed E-state index contributed by atoms with van der Waals surface area (Å²) in [5.74, 6) is 2.56. The van der Waals surface area contributed by atoms with Crippen LogP contribution in [0.5, 0.6) is 11.5 Å². The molecule has 0 amide bonds. The van der Waals surface area contributed by atoms with Crippen molar-refractivity contribution in [2.24, 2.45) is 0 Å². The molecule has 0 saturated carbocycles. The van der Waals surface area contributed by atoms with Gasteiger partial charge in [-0.15, -0.1) is 0 Å². The van der Waals surface area contributed by atoms with Crippen LogP contribution in [0, 0.1) is 0 Å². The summed E-state index contributed by atoms with van der Waals surface area (Å²) in [7, 11) is 1.68. The minimum absolute atomic E-state index is 0.642. The number of ether oxygens (including phenoxy) is 2. The molecule has 4 aromatic carbocycles. The van der Waals surface area contributed by atoms with Crippen LogP contribution in [0.15, 0.2) is 91.1 Å². The second kappa shape index (κ2) is 7.71. The Morgan fingerprint density at radius 2 is 1.58 bits per heavy atom. The molecule has 162 valence electrons. The maximum Gasteiger partial charge on any atom is 0.220 e. The predicted molar refractivity (Wildman–Crippen MR) is 133 cm³/mol. The molecule has 0 fully saturated rings. The molecule has 0 aliphatic heterocycles. The van der Waals surface area contributed by atoms with Crippen molar-refractivity contribution in [3.63, 3.8) is 0 Å². The highest BCUT2D eigenvalue weighted by Gasteiger charge is 2.18. The highest BCUT2D eigenvalue weighted by atomic mass is 16.5. The number of benzene rings is 4. The fourth-order valence-electron chi connectivity index (χ4n) is 4.47. The molecule has 6 aromatic rings. The summed E-state index contributed by atoms with van der Waals surface area (Å²) in [6.07, 6.45) is 2.16. The Morgan fingerprint density at radius 3 is 2.33 bits per heavy atom. The number of hydrogen-bond donors (Lipinski definition) is 0. The lowest BCUT2D eigenvalue weighted by molar-refractivity contribution is 0.340. The summed E-state index contributed by atoms with van der Waals surface area (Å²) in [5.41, 5.74) is 5.26. The van der Waals surface area contributed by atoms with Gasteiger partial charge in [0.15, 0.2) is 0 Å². The number of hydrogen-bond acceptors (Lipinski definition) is 3. The fourth-order valence-corrected chi connectivity index (χ4v) is 4.47. The second-order valence-electron chi connectivity index (χ2n) is 7.94. The molecular formula is C28H23N3O2. The van der Waals surface area contributed by atoms with Gasteiger partial charge >= 0.3 is 0 Å². The Kier molecular flexibility index (Phi) is 4.54. The van der Waals surface area contributed by atoms with E-state index in [-0.39, 0.29) is 0 Å². The van der Waals surface area contributed by atoms with Gasteiger partial charge in [-0.25, -0.2) is 4.98 Å². The molecule has 2 aromatic heterocycles. The van der Waals surface area contributed by atoms with E-state index in [0.29, 0.717) is 6.61 Å². The Bertz CT molecular complexity index is 1590. The van der Waals surface area contributed by atoms with Gasteiger partial charge in [0.05, 0.1) is 30.4 Å². The quantitative estimate of drug-likeness (QED) is 0.311. The summed E-state index contributed by atoms with van der Waals surface area (Å²) in [4.78, 5) is 5.13. The molecule has 5 heteroatoms. The number of rotatable bonds is 5. The van der Waals surface area contributed by atoms with E-state index < -0.39 is 0 Å². The molecule has 0 aliphatic rings. The van der Waals surface area contributed by atoms with Crippen LogP contribution in [0.2, 0.25) is 0 Å². The average molecular weight is 434 g/mol. The molecule has 5 nitrogen and oxygen atoms in total. The normalized spacial score (nSPS) is 11.5. The van der Waals surface area contributed by atoms with Gasteiger partial charge in [0, 0.05) is 22.8 Å². The number of methoxy groups -OCH3 is 1. The van der Waals surface area contributed by atoms with Crippen molar-refractivity contribution < 1.29 is 9.47 Å². The molecule has 0 atom stereocenters. The zero-order chi connectivity index (χ0) is 22.4. The van der Waals surface area contributed by atoms with Crippen molar-refractivity contribution in [1.29, 1.82) is 0 Å². The van der Waals surface area contributed by atoms with Crippen molar-refractivity contribution in [3.05, 3.63) is 91.1 Å². The van der Waals surface area contributed by atoms with Crippen LogP contribution < -0.4 is 9.47 Å². The van der Waals surface area contributed by atoms with Gasteiger partial charge in [-0.2, -0.15) is 0 Å². The molecule has 2 heterocycles. The molecule has 0 unspecified atom stereocenters. The molecule has 0 N–H and O–H groups in total. The van der Waals surface area contributed by atoms with Crippen molar-refractivity contribution in [1.82, 2.24) is 14.0 Å². The molecule has 0 aliphatic carbocycles. The van der Waals surface area contributed by atoms with E-state index in [1.165, 1.54) is 5.39 Å². The summed E-state index contributed by atoms with van der Waals surface area (Å²) < 4.78 is 15.4. The third kappa shape index (κ3) is 3.12. The van der Waals surface area contributed by atoms with Crippen molar-refractivity contribution >= 4 is 27.6 Å². The number of fused-ring (bicyclic) bond motifs is 5. The lowest BCUT2D eigenvalue weighted by Crippen LogP contribution is -1.99. The van der Waals surface area contributed by atoms with Gasteiger partial charge < -0.3 is 9.47 Å². The molecule has 6 rings (SSSR count). The van der Waals surface area contributed by atoms with Crippen LogP contribution in [-0.4, -0.2) is 27.7 Å². The van der Waals surface area contributed by atoms with Crippen molar-refractivity contribution in [3.8, 4) is 28.4 Å². The topological polar surface area (TPSA) is 40.7 Å². The predicted octanol–water partition coefficient (Wildman–Crippen LogP) is 6.51. The standard InChI is InChI=1S/C28H23N3O2/c1-3-33-23-15-11-21(12-16-23)31-26(20-8-13-22(32-2)14-9-20)18-30-25-17-10-19-6-4-5-7-24(19)27(25)29-28(30)31/h4-18H,3H2,1-2H3. The van der Waals surface area contributed by atoms with E-state index in [1.54, 1.807) is 7.11 Å². The van der Waals surface area contributed by atoms with Crippen LogP contribution >= 0.6 is 0 Å². The SMILES string of the molecule is CCOc1ccc(-n2c(-c3ccc(OC)cc3)cn3c4ccc5ccccc5c4nc23)cc1. The number of imidazole rings is 2. The summed E-state index contributed by atoms with van der Waals surface area (Å²) >= 11 is 0. The van der Waals surface area contributed by atoms with Crippen molar-refractivity contribution in [2.45, 2.75) is 6.92 Å². The molecule has 0 bridgehead atoms. The Balaban J connectivity index is 1.64. The van der Waals surface area contributed by atoms with E-state index >= 15 is 0 Å². The first-order valence-electron chi connectivity index (χ1n) is 11.1. The van der Waals surface area contributed by atoms with Gasteiger partial charge in [-0.05, 0) is 66.9 Å². The Labute approximate surface area is 191 Å². The zero-order valence-electron chi connectivity index (χ0n) is 18.5. The van der Waals surface area contributed by atoms with Crippen LogP contribution in [0.3, 0.4) is 0 Å². The lowest BCUT2D eigenvalue weighted by Gasteiger charge is -2.11. The van der Waals surface area contributed by atoms with Gasteiger partial charge in [-0.3, -0.25) is 8.97 Å². The summed E-state index contributed by atoms with van der Waals surface area (Å²) in [6.45, 7) is 2.63. The average Bonchev–Trinajstić information content (AvgIpc) is 3.41. The molecule has 0 saturated heterocycles. The highest BCUT2D eigenvalue weighted by Crippen LogP contribution is 2.33. The van der Waals surface area contributed by atoms with Gasteiger partial charge in [0.2, 0.25) is 5.78 Å². The largest absolute Gasteiger partial charge is 0.497 e. The van der Waals surface area contributed by atoms with E-state index in [0.717, 1.165) is 50.6 Å². The smallest absolute Gasteiger partial charge is 0.220 e. The molecule has 33 heavy (non-hydrogen) atoms. The Hall–Kier alpha value is -4.25. The van der Waals surface area contributed by atoms with E-state index in [9.17, 15) is 0 Å². The van der Waals surface area contributed by atoms with Crippen LogP contribution in [-0.2, 0) is 0 Å². The van der Waals surface area contributed by atoms with Crippen LogP contribution in [0.1, 0.15) is 6.92 Å². The zero-order valence-corrected chi connectivity index (χ0v) is 18.5. The third-order valence-corrected chi connectivity index (χ3v) is 6.05. The monoisotopic (exact) mass is 433 g/mol. The first-order valence-corrected chi connectivity index (χ1v) is 11.1. The van der Waals surface area contributed by atoms with Crippen molar-refractivity contribution in [2.75, 3.05) is 13.7 Å².